The van der Waals surface area contributed by atoms with Crippen molar-refractivity contribution in [3.8, 4) is 5.75 Å². The van der Waals surface area contributed by atoms with Crippen LogP contribution in [0.25, 0.3) is 6.08 Å². The third kappa shape index (κ3) is 4.54. The summed E-state index contributed by atoms with van der Waals surface area (Å²) in [4.78, 5) is 31.6. The van der Waals surface area contributed by atoms with Crippen LogP contribution in [-0.2, 0) is 9.53 Å². The van der Waals surface area contributed by atoms with E-state index in [4.69, 9.17) is 9.47 Å². The first-order chi connectivity index (χ1) is 15.9. The SMILES string of the molecule is CCC1=C(C(=O)OC)[C@H](c2ccccc2)n2c(s/c(=C/c3cccc(OC(C)C)c3)c2=O)=N1. The van der Waals surface area contributed by atoms with Crippen molar-refractivity contribution < 1.29 is 14.3 Å². The van der Waals surface area contributed by atoms with Gasteiger partial charge < -0.3 is 9.47 Å². The zero-order valence-electron chi connectivity index (χ0n) is 19.1. The van der Waals surface area contributed by atoms with Crippen molar-refractivity contribution in [3.05, 3.63) is 96.7 Å². The first-order valence-electron chi connectivity index (χ1n) is 10.9. The van der Waals surface area contributed by atoms with Crippen LogP contribution in [0.3, 0.4) is 0 Å². The molecular formula is C26H26N2O4S. The molecule has 0 fully saturated rings. The van der Waals surface area contributed by atoms with Gasteiger partial charge in [-0.1, -0.05) is 60.7 Å². The Morgan fingerprint density at radius 3 is 2.61 bits per heavy atom. The van der Waals surface area contributed by atoms with Gasteiger partial charge in [0.2, 0.25) is 0 Å². The number of esters is 1. The highest BCUT2D eigenvalue weighted by Gasteiger charge is 2.33. The van der Waals surface area contributed by atoms with Crippen molar-refractivity contribution in [2.75, 3.05) is 7.11 Å². The van der Waals surface area contributed by atoms with Crippen LogP contribution in [0.5, 0.6) is 5.75 Å². The average molecular weight is 463 g/mol. The van der Waals surface area contributed by atoms with Crippen LogP contribution in [-0.4, -0.2) is 23.8 Å². The second-order valence-electron chi connectivity index (χ2n) is 7.94. The summed E-state index contributed by atoms with van der Waals surface area (Å²) in [5.74, 6) is 0.271. The Labute approximate surface area is 196 Å². The van der Waals surface area contributed by atoms with Gasteiger partial charge in [-0.05, 0) is 49.6 Å². The van der Waals surface area contributed by atoms with Crippen molar-refractivity contribution in [1.29, 1.82) is 0 Å². The third-order valence-electron chi connectivity index (χ3n) is 5.29. The van der Waals surface area contributed by atoms with Crippen molar-refractivity contribution in [3.63, 3.8) is 0 Å². The number of thiazole rings is 1. The van der Waals surface area contributed by atoms with Gasteiger partial charge in [-0.2, -0.15) is 0 Å². The minimum absolute atomic E-state index is 0.0561. The summed E-state index contributed by atoms with van der Waals surface area (Å²) >= 11 is 1.32. The van der Waals surface area contributed by atoms with E-state index in [0.717, 1.165) is 16.9 Å². The number of hydrogen-bond donors (Lipinski definition) is 0. The van der Waals surface area contributed by atoms with Crippen LogP contribution in [0.1, 0.15) is 44.4 Å². The van der Waals surface area contributed by atoms with E-state index in [0.29, 0.717) is 27.0 Å². The molecule has 1 aromatic heterocycles. The number of methoxy groups -OCH3 is 1. The lowest BCUT2D eigenvalue weighted by Crippen LogP contribution is -2.40. The number of carbonyl (C=O) groups is 1. The summed E-state index contributed by atoms with van der Waals surface area (Å²) in [6.45, 7) is 5.88. The molecule has 0 aliphatic carbocycles. The van der Waals surface area contributed by atoms with Crippen LogP contribution in [0.15, 0.2) is 75.7 Å². The molecule has 2 heterocycles. The number of nitrogens with zero attached hydrogens (tertiary/aromatic N) is 2. The molecule has 6 nitrogen and oxygen atoms in total. The molecule has 0 radical (unpaired) electrons. The summed E-state index contributed by atoms with van der Waals surface area (Å²) in [5, 5.41) is 0. The normalized spacial score (nSPS) is 15.9. The number of benzene rings is 2. The summed E-state index contributed by atoms with van der Waals surface area (Å²) in [7, 11) is 1.35. The lowest BCUT2D eigenvalue weighted by atomic mass is 9.95. The van der Waals surface area contributed by atoms with Gasteiger partial charge in [-0.25, -0.2) is 9.79 Å². The quantitative estimate of drug-likeness (QED) is 0.525. The average Bonchev–Trinajstić information content (AvgIpc) is 3.12. The Morgan fingerprint density at radius 2 is 1.94 bits per heavy atom. The van der Waals surface area contributed by atoms with Crippen molar-refractivity contribution in [2.45, 2.75) is 39.3 Å². The molecule has 0 amide bonds. The van der Waals surface area contributed by atoms with Gasteiger partial charge in [0.1, 0.15) is 5.75 Å². The first kappa shape index (κ1) is 22.7. The molecule has 3 aromatic rings. The first-order valence-corrected chi connectivity index (χ1v) is 11.7. The predicted octanol–water partition coefficient (Wildman–Crippen LogP) is 3.59. The molecule has 0 unspecified atom stereocenters. The zero-order valence-corrected chi connectivity index (χ0v) is 19.9. The molecule has 0 saturated heterocycles. The van der Waals surface area contributed by atoms with E-state index in [1.165, 1.54) is 18.4 Å². The molecule has 1 atom stereocenters. The lowest BCUT2D eigenvalue weighted by molar-refractivity contribution is -0.136. The second kappa shape index (κ2) is 9.58. The molecule has 7 heteroatoms. The van der Waals surface area contributed by atoms with Crippen LogP contribution in [0.4, 0.5) is 0 Å². The maximum Gasteiger partial charge on any atom is 0.338 e. The van der Waals surface area contributed by atoms with E-state index in [-0.39, 0.29) is 11.7 Å². The van der Waals surface area contributed by atoms with Crippen molar-refractivity contribution in [2.24, 2.45) is 4.99 Å². The fourth-order valence-electron chi connectivity index (χ4n) is 3.92. The summed E-state index contributed by atoms with van der Waals surface area (Å²) in [6, 6.07) is 16.6. The molecule has 170 valence electrons. The zero-order chi connectivity index (χ0) is 23.5. The monoisotopic (exact) mass is 462 g/mol. The number of aromatic nitrogens is 1. The molecular weight excluding hydrogens is 436 g/mol. The fourth-order valence-corrected chi connectivity index (χ4v) is 4.94. The van der Waals surface area contributed by atoms with Crippen LogP contribution >= 0.6 is 11.3 Å². The number of carbonyl (C=O) groups excluding carboxylic acids is 1. The van der Waals surface area contributed by atoms with E-state index >= 15 is 0 Å². The number of rotatable bonds is 6. The number of ether oxygens (including phenoxy) is 2. The Bertz CT molecular complexity index is 1380. The molecule has 1 aliphatic rings. The Hall–Kier alpha value is -3.45. The summed E-state index contributed by atoms with van der Waals surface area (Å²) in [5.41, 5.74) is 2.53. The largest absolute Gasteiger partial charge is 0.491 e. The van der Waals surface area contributed by atoms with Gasteiger partial charge in [-0.15, -0.1) is 0 Å². The summed E-state index contributed by atoms with van der Waals surface area (Å²) in [6.07, 6.45) is 2.45. The van der Waals surface area contributed by atoms with Crippen LogP contribution < -0.4 is 19.6 Å². The van der Waals surface area contributed by atoms with E-state index < -0.39 is 12.0 Å². The van der Waals surface area contributed by atoms with E-state index in [9.17, 15) is 9.59 Å². The fraction of sp³-hybridized carbons (Fsp3) is 0.269. The maximum atomic E-state index is 13.6. The third-order valence-corrected chi connectivity index (χ3v) is 6.28. The highest BCUT2D eigenvalue weighted by molar-refractivity contribution is 7.07. The minimum atomic E-state index is -0.595. The Kier molecular flexibility index (Phi) is 6.60. The second-order valence-corrected chi connectivity index (χ2v) is 8.95. The molecule has 2 aromatic carbocycles. The summed E-state index contributed by atoms with van der Waals surface area (Å²) < 4.78 is 13.0. The van der Waals surface area contributed by atoms with Gasteiger partial charge in [0, 0.05) is 0 Å². The molecule has 1 aliphatic heterocycles. The van der Waals surface area contributed by atoms with E-state index in [1.54, 1.807) is 4.57 Å². The molecule has 0 N–H and O–H groups in total. The Balaban J connectivity index is 1.92. The van der Waals surface area contributed by atoms with Gasteiger partial charge >= 0.3 is 5.97 Å². The van der Waals surface area contributed by atoms with Gasteiger partial charge in [0.05, 0.1) is 35.1 Å². The Morgan fingerprint density at radius 1 is 1.18 bits per heavy atom. The molecule has 0 saturated carbocycles. The van der Waals surface area contributed by atoms with E-state index in [2.05, 4.69) is 4.99 Å². The molecule has 0 spiro atoms. The van der Waals surface area contributed by atoms with Gasteiger partial charge in [0.15, 0.2) is 4.80 Å². The maximum absolute atomic E-state index is 13.6. The smallest absolute Gasteiger partial charge is 0.338 e. The molecule has 33 heavy (non-hydrogen) atoms. The molecule has 0 bridgehead atoms. The lowest BCUT2D eigenvalue weighted by Gasteiger charge is -2.25. The van der Waals surface area contributed by atoms with Crippen molar-refractivity contribution >= 4 is 23.4 Å². The molecule has 4 rings (SSSR count). The van der Waals surface area contributed by atoms with E-state index in [1.807, 2.05) is 81.4 Å². The highest BCUT2D eigenvalue weighted by Crippen LogP contribution is 2.31. The van der Waals surface area contributed by atoms with Crippen LogP contribution in [0, 0.1) is 0 Å². The van der Waals surface area contributed by atoms with Gasteiger partial charge in [-0.3, -0.25) is 9.36 Å². The standard InChI is InChI=1S/C26H26N2O4S/c1-5-20-22(25(30)31-4)23(18-11-7-6-8-12-18)28-24(29)21(33-26(28)27-20)15-17-10-9-13-19(14-17)32-16(2)3/h6-16,23H,5H2,1-4H3/b21-15+/t23-/m0/s1. The topological polar surface area (TPSA) is 69.9 Å². The van der Waals surface area contributed by atoms with Crippen molar-refractivity contribution in [1.82, 2.24) is 4.57 Å². The minimum Gasteiger partial charge on any atom is -0.491 e. The highest BCUT2D eigenvalue weighted by atomic mass is 32.1. The number of allylic oxidation sites excluding steroid dienone is 1. The van der Waals surface area contributed by atoms with Gasteiger partial charge in [0.25, 0.3) is 5.56 Å². The number of fused-ring (bicyclic) bond motifs is 1. The number of hydrogen-bond acceptors (Lipinski definition) is 6. The predicted molar refractivity (Wildman–Crippen MR) is 129 cm³/mol. The van der Waals surface area contributed by atoms with Crippen LogP contribution in [0.2, 0.25) is 0 Å².